The Bertz CT molecular complexity index is 576. The summed E-state index contributed by atoms with van der Waals surface area (Å²) >= 11 is 0. The van der Waals surface area contributed by atoms with Crippen LogP contribution in [0.1, 0.15) is 5.82 Å². The Labute approximate surface area is 110 Å². The zero-order chi connectivity index (χ0) is 13.1. The molecule has 1 saturated heterocycles. The maximum absolute atomic E-state index is 11.9. The van der Waals surface area contributed by atoms with Crippen LogP contribution in [0.3, 0.4) is 0 Å². The second-order valence-electron chi connectivity index (χ2n) is 4.34. The van der Waals surface area contributed by atoms with E-state index in [0.29, 0.717) is 32.1 Å². The minimum atomic E-state index is -0.284. The molecule has 3 heterocycles. The second-order valence-corrected chi connectivity index (χ2v) is 4.34. The van der Waals surface area contributed by atoms with E-state index in [1.807, 2.05) is 28.8 Å². The number of hydrogen-bond acceptors (Lipinski definition) is 5. The molecule has 1 fully saturated rings. The van der Waals surface area contributed by atoms with Crippen molar-refractivity contribution in [3.05, 3.63) is 30.2 Å². The van der Waals surface area contributed by atoms with Crippen LogP contribution in [0, 0.1) is 0 Å². The van der Waals surface area contributed by atoms with Gasteiger partial charge in [0.1, 0.15) is 6.04 Å². The van der Waals surface area contributed by atoms with Crippen molar-refractivity contribution in [3.63, 3.8) is 0 Å². The normalized spacial score (nSPS) is 19.5. The molecule has 2 aromatic rings. The van der Waals surface area contributed by atoms with Gasteiger partial charge in [0.05, 0.1) is 19.8 Å². The smallest absolute Gasteiger partial charge is 0.239 e. The Hall–Kier alpha value is -1.99. The predicted molar refractivity (Wildman–Crippen MR) is 67.4 cm³/mol. The fourth-order valence-corrected chi connectivity index (χ4v) is 2.03. The van der Waals surface area contributed by atoms with Gasteiger partial charge >= 0.3 is 0 Å². The first-order valence-electron chi connectivity index (χ1n) is 6.22. The Morgan fingerprint density at radius 1 is 1.53 bits per heavy atom. The van der Waals surface area contributed by atoms with Gasteiger partial charge in [-0.2, -0.15) is 0 Å². The first-order valence-corrected chi connectivity index (χ1v) is 6.22. The SMILES string of the molecule is O=C(NCc1nnc2ccccn12)C1COCCN1. The monoisotopic (exact) mass is 261 g/mol. The van der Waals surface area contributed by atoms with Gasteiger partial charge in [-0.05, 0) is 12.1 Å². The number of pyridine rings is 1. The molecule has 1 unspecified atom stereocenters. The lowest BCUT2D eigenvalue weighted by atomic mass is 10.2. The minimum absolute atomic E-state index is 0.0765. The van der Waals surface area contributed by atoms with Crippen molar-refractivity contribution >= 4 is 11.6 Å². The second kappa shape index (κ2) is 5.33. The minimum Gasteiger partial charge on any atom is -0.378 e. The molecule has 7 nitrogen and oxygen atoms in total. The highest BCUT2D eigenvalue weighted by Gasteiger charge is 2.21. The van der Waals surface area contributed by atoms with Crippen molar-refractivity contribution < 1.29 is 9.53 Å². The van der Waals surface area contributed by atoms with Crippen LogP contribution in [0.25, 0.3) is 5.65 Å². The van der Waals surface area contributed by atoms with Crippen LogP contribution in [0.2, 0.25) is 0 Å². The number of carbonyl (C=O) groups is 1. The van der Waals surface area contributed by atoms with Crippen molar-refractivity contribution in [2.75, 3.05) is 19.8 Å². The molecular formula is C12H15N5O2. The van der Waals surface area contributed by atoms with Crippen LogP contribution in [-0.2, 0) is 16.1 Å². The zero-order valence-corrected chi connectivity index (χ0v) is 10.4. The van der Waals surface area contributed by atoms with Gasteiger partial charge in [-0.25, -0.2) is 0 Å². The maximum Gasteiger partial charge on any atom is 0.239 e. The van der Waals surface area contributed by atoms with Crippen LogP contribution >= 0.6 is 0 Å². The molecule has 7 heteroatoms. The fourth-order valence-electron chi connectivity index (χ4n) is 2.03. The molecule has 0 aliphatic carbocycles. The molecule has 2 aromatic heterocycles. The van der Waals surface area contributed by atoms with E-state index in [1.54, 1.807) is 0 Å². The summed E-state index contributed by atoms with van der Waals surface area (Å²) in [6.07, 6.45) is 1.87. The fraction of sp³-hybridized carbons (Fsp3) is 0.417. The van der Waals surface area contributed by atoms with E-state index in [9.17, 15) is 4.79 Å². The third-order valence-electron chi connectivity index (χ3n) is 3.04. The number of ether oxygens (including phenoxy) is 1. The molecule has 0 spiro atoms. The number of carbonyl (C=O) groups excluding carboxylic acids is 1. The van der Waals surface area contributed by atoms with Gasteiger partial charge in [0.15, 0.2) is 11.5 Å². The summed E-state index contributed by atoms with van der Waals surface area (Å²) < 4.78 is 7.11. The van der Waals surface area contributed by atoms with Crippen LogP contribution in [0.5, 0.6) is 0 Å². The van der Waals surface area contributed by atoms with E-state index in [2.05, 4.69) is 20.8 Å². The molecule has 0 aromatic carbocycles. The summed E-state index contributed by atoms with van der Waals surface area (Å²) in [6.45, 7) is 2.11. The molecule has 1 aliphatic rings. The standard InChI is InChI=1S/C12H15N5O2/c18-12(9-8-19-6-4-13-9)14-7-11-16-15-10-3-1-2-5-17(10)11/h1-3,5,9,13H,4,6-8H2,(H,14,18). The first-order chi connectivity index (χ1) is 9.34. The summed E-state index contributed by atoms with van der Waals surface area (Å²) in [5, 5.41) is 14.0. The third kappa shape index (κ3) is 2.56. The Balaban J connectivity index is 1.64. The lowest BCUT2D eigenvalue weighted by Gasteiger charge is -2.22. The largest absolute Gasteiger partial charge is 0.378 e. The highest BCUT2D eigenvalue weighted by atomic mass is 16.5. The Kier molecular flexibility index (Phi) is 3.39. The van der Waals surface area contributed by atoms with Crippen molar-refractivity contribution in [1.29, 1.82) is 0 Å². The summed E-state index contributed by atoms with van der Waals surface area (Å²) in [7, 11) is 0. The molecule has 1 atom stereocenters. The van der Waals surface area contributed by atoms with Crippen molar-refractivity contribution in [3.8, 4) is 0 Å². The van der Waals surface area contributed by atoms with Gasteiger partial charge < -0.3 is 15.4 Å². The Morgan fingerprint density at radius 2 is 2.47 bits per heavy atom. The summed E-state index contributed by atoms with van der Waals surface area (Å²) in [5.41, 5.74) is 0.769. The predicted octanol–water partition coefficient (Wildman–Crippen LogP) is -0.666. The molecule has 1 aliphatic heterocycles. The highest BCUT2D eigenvalue weighted by Crippen LogP contribution is 2.02. The van der Waals surface area contributed by atoms with E-state index in [1.165, 1.54) is 0 Å². The van der Waals surface area contributed by atoms with E-state index in [-0.39, 0.29) is 11.9 Å². The number of rotatable bonds is 3. The van der Waals surface area contributed by atoms with Crippen LogP contribution < -0.4 is 10.6 Å². The maximum atomic E-state index is 11.9. The molecule has 1 amide bonds. The van der Waals surface area contributed by atoms with Gasteiger partial charge in [-0.1, -0.05) is 6.07 Å². The van der Waals surface area contributed by atoms with Crippen molar-refractivity contribution in [2.24, 2.45) is 0 Å². The number of fused-ring (bicyclic) bond motifs is 1. The topological polar surface area (TPSA) is 80.6 Å². The van der Waals surface area contributed by atoms with Crippen LogP contribution in [0.15, 0.2) is 24.4 Å². The van der Waals surface area contributed by atoms with Crippen LogP contribution in [0.4, 0.5) is 0 Å². The molecule has 0 radical (unpaired) electrons. The number of hydrogen-bond donors (Lipinski definition) is 2. The first kappa shape index (κ1) is 12.1. The van der Waals surface area contributed by atoms with E-state index < -0.39 is 0 Å². The van der Waals surface area contributed by atoms with Crippen LogP contribution in [-0.4, -0.2) is 46.3 Å². The van der Waals surface area contributed by atoms with Gasteiger partial charge in [0.2, 0.25) is 5.91 Å². The molecule has 100 valence electrons. The average molecular weight is 261 g/mol. The number of nitrogens with one attached hydrogen (secondary N) is 2. The molecule has 0 saturated carbocycles. The third-order valence-corrected chi connectivity index (χ3v) is 3.04. The summed E-state index contributed by atoms with van der Waals surface area (Å²) in [4.78, 5) is 11.9. The number of aromatic nitrogens is 3. The molecule has 2 N–H and O–H groups in total. The molecule has 3 rings (SSSR count). The van der Waals surface area contributed by atoms with Crippen molar-refractivity contribution in [2.45, 2.75) is 12.6 Å². The number of nitrogens with zero attached hydrogens (tertiary/aromatic N) is 3. The molecule has 0 bridgehead atoms. The van der Waals surface area contributed by atoms with Gasteiger partial charge in [-0.3, -0.25) is 9.20 Å². The lowest BCUT2D eigenvalue weighted by molar-refractivity contribution is -0.126. The molecule has 19 heavy (non-hydrogen) atoms. The number of amides is 1. The van der Waals surface area contributed by atoms with E-state index in [4.69, 9.17) is 4.74 Å². The highest BCUT2D eigenvalue weighted by molar-refractivity contribution is 5.81. The summed E-state index contributed by atoms with van der Waals surface area (Å²) in [5.74, 6) is 0.632. The zero-order valence-electron chi connectivity index (χ0n) is 10.4. The van der Waals surface area contributed by atoms with E-state index in [0.717, 1.165) is 5.65 Å². The average Bonchev–Trinajstić information content (AvgIpc) is 2.89. The van der Waals surface area contributed by atoms with E-state index >= 15 is 0 Å². The summed E-state index contributed by atoms with van der Waals surface area (Å²) in [6, 6.07) is 5.39. The van der Waals surface area contributed by atoms with Gasteiger partial charge in [0.25, 0.3) is 0 Å². The van der Waals surface area contributed by atoms with Gasteiger partial charge in [0, 0.05) is 12.7 Å². The van der Waals surface area contributed by atoms with Gasteiger partial charge in [-0.15, -0.1) is 10.2 Å². The van der Waals surface area contributed by atoms with Crippen molar-refractivity contribution in [1.82, 2.24) is 25.2 Å². The number of morpholine rings is 1. The quantitative estimate of drug-likeness (QED) is 0.766. The Morgan fingerprint density at radius 3 is 3.32 bits per heavy atom. The molecular weight excluding hydrogens is 246 g/mol. The lowest BCUT2D eigenvalue weighted by Crippen LogP contribution is -2.51.